The first-order valence-electron chi connectivity index (χ1n) is 6.16. The topological polar surface area (TPSA) is 82.3 Å². The zero-order valence-corrected chi connectivity index (χ0v) is 11.2. The molecular weight excluding hydrogens is 275 g/mol. The maximum Gasteiger partial charge on any atom is 0.340 e. The Kier molecular flexibility index (Phi) is 4.27. The van der Waals surface area contributed by atoms with Crippen molar-refractivity contribution in [3.05, 3.63) is 65.2 Å². The van der Waals surface area contributed by atoms with E-state index in [1.165, 1.54) is 24.4 Å². The first-order valence-corrected chi connectivity index (χ1v) is 6.16. The van der Waals surface area contributed by atoms with Crippen LogP contribution in [0.5, 0.6) is 0 Å². The number of rotatable bonds is 4. The predicted octanol–water partition coefficient (Wildman–Crippen LogP) is 1.91. The van der Waals surface area contributed by atoms with Gasteiger partial charge in [0.05, 0.1) is 5.56 Å². The number of hydrogen-bond donors (Lipinski definition) is 1. The highest BCUT2D eigenvalue weighted by Crippen LogP contribution is 2.19. The molecule has 108 valence electrons. The van der Waals surface area contributed by atoms with Crippen LogP contribution in [0.1, 0.15) is 27.7 Å². The third-order valence-electron chi connectivity index (χ3n) is 2.80. The number of carbonyl (C=O) groups excluding carboxylic acids is 2. The number of ether oxygens (including phenoxy) is 1. The van der Waals surface area contributed by atoms with Gasteiger partial charge in [0.25, 0.3) is 5.91 Å². The van der Waals surface area contributed by atoms with Crippen molar-refractivity contribution < 1.29 is 18.7 Å². The van der Waals surface area contributed by atoms with Crippen LogP contribution >= 0.6 is 0 Å². The lowest BCUT2D eigenvalue weighted by atomic mass is 10.1. The monoisotopic (exact) mass is 288 g/mol. The summed E-state index contributed by atoms with van der Waals surface area (Å²) in [6.45, 7) is 1.78. The second-order valence-electron chi connectivity index (χ2n) is 4.43. The second kappa shape index (κ2) is 6.13. The quantitative estimate of drug-likeness (QED) is 0.871. The fourth-order valence-electron chi connectivity index (χ4n) is 1.69. The maximum atomic E-state index is 12.9. The van der Waals surface area contributed by atoms with Gasteiger partial charge < -0.3 is 10.5 Å². The number of carbonyl (C=O) groups is 2. The SMILES string of the molecule is Cc1ccc(C(=O)O[C@H](C(N)=O)c2ccc(F)cc2)cn1. The summed E-state index contributed by atoms with van der Waals surface area (Å²) >= 11 is 0. The molecule has 1 atom stereocenters. The van der Waals surface area contributed by atoms with E-state index in [0.29, 0.717) is 5.56 Å². The van der Waals surface area contributed by atoms with Gasteiger partial charge in [-0.05, 0) is 31.2 Å². The van der Waals surface area contributed by atoms with Crippen LogP contribution in [0.4, 0.5) is 4.39 Å². The summed E-state index contributed by atoms with van der Waals surface area (Å²) in [4.78, 5) is 27.4. The van der Waals surface area contributed by atoms with Crippen LogP contribution in [0, 0.1) is 12.7 Å². The number of hydrogen-bond acceptors (Lipinski definition) is 4. The van der Waals surface area contributed by atoms with Crippen molar-refractivity contribution in [1.29, 1.82) is 0 Å². The molecule has 0 radical (unpaired) electrons. The number of nitrogens with zero attached hydrogens (tertiary/aromatic N) is 1. The minimum absolute atomic E-state index is 0.203. The van der Waals surface area contributed by atoms with Gasteiger partial charge in [0, 0.05) is 17.5 Å². The van der Waals surface area contributed by atoms with Crippen molar-refractivity contribution in [2.75, 3.05) is 0 Å². The molecular formula is C15H13FN2O3. The largest absolute Gasteiger partial charge is 0.444 e. The van der Waals surface area contributed by atoms with Gasteiger partial charge in [-0.2, -0.15) is 0 Å². The Morgan fingerprint density at radius 2 is 1.86 bits per heavy atom. The highest BCUT2D eigenvalue weighted by atomic mass is 19.1. The molecule has 2 aromatic rings. The number of halogens is 1. The molecule has 1 aromatic carbocycles. The first kappa shape index (κ1) is 14.6. The number of amides is 1. The van der Waals surface area contributed by atoms with E-state index in [0.717, 1.165) is 17.8 Å². The first-order chi connectivity index (χ1) is 9.97. The Hall–Kier alpha value is -2.76. The van der Waals surface area contributed by atoms with E-state index in [1.807, 2.05) is 0 Å². The number of aromatic nitrogens is 1. The molecule has 0 aliphatic heterocycles. The van der Waals surface area contributed by atoms with Crippen molar-refractivity contribution in [2.45, 2.75) is 13.0 Å². The van der Waals surface area contributed by atoms with Crippen molar-refractivity contribution in [2.24, 2.45) is 5.73 Å². The lowest BCUT2D eigenvalue weighted by molar-refractivity contribution is -0.127. The molecule has 1 amide bonds. The molecule has 0 spiro atoms. The van der Waals surface area contributed by atoms with Gasteiger partial charge in [-0.25, -0.2) is 9.18 Å². The Balaban J connectivity index is 2.20. The van der Waals surface area contributed by atoms with E-state index < -0.39 is 23.8 Å². The van der Waals surface area contributed by atoms with Crippen LogP contribution in [0.15, 0.2) is 42.6 Å². The molecule has 0 saturated carbocycles. The maximum absolute atomic E-state index is 12.9. The molecule has 0 fully saturated rings. The van der Waals surface area contributed by atoms with Gasteiger partial charge >= 0.3 is 5.97 Å². The summed E-state index contributed by atoms with van der Waals surface area (Å²) in [5, 5.41) is 0. The van der Waals surface area contributed by atoms with Crippen molar-refractivity contribution in [1.82, 2.24) is 4.98 Å². The van der Waals surface area contributed by atoms with Gasteiger partial charge in [0.2, 0.25) is 6.10 Å². The molecule has 0 unspecified atom stereocenters. The molecule has 2 rings (SSSR count). The highest BCUT2D eigenvalue weighted by molar-refractivity contribution is 5.92. The van der Waals surface area contributed by atoms with Crippen LogP contribution in [0.3, 0.4) is 0 Å². The van der Waals surface area contributed by atoms with E-state index in [1.54, 1.807) is 13.0 Å². The van der Waals surface area contributed by atoms with Gasteiger partial charge in [0.1, 0.15) is 5.82 Å². The lowest BCUT2D eigenvalue weighted by Crippen LogP contribution is -2.26. The third-order valence-corrected chi connectivity index (χ3v) is 2.80. The molecule has 1 aromatic heterocycles. The summed E-state index contributed by atoms with van der Waals surface area (Å²) in [5.41, 5.74) is 6.48. The number of benzene rings is 1. The fourth-order valence-corrected chi connectivity index (χ4v) is 1.69. The smallest absolute Gasteiger partial charge is 0.340 e. The molecule has 6 heteroatoms. The Bertz CT molecular complexity index is 654. The van der Waals surface area contributed by atoms with Crippen LogP contribution in [-0.4, -0.2) is 16.9 Å². The summed E-state index contributed by atoms with van der Waals surface area (Å²) in [5.74, 6) is -2.03. The number of primary amides is 1. The molecule has 5 nitrogen and oxygen atoms in total. The summed E-state index contributed by atoms with van der Waals surface area (Å²) in [6.07, 6.45) is 0.0693. The average molecular weight is 288 g/mol. The predicted molar refractivity (Wildman–Crippen MR) is 72.7 cm³/mol. The van der Waals surface area contributed by atoms with Crippen molar-refractivity contribution in [3.63, 3.8) is 0 Å². The number of nitrogens with two attached hydrogens (primary N) is 1. The Morgan fingerprint density at radius 3 is 2.38 bits per heavy atom. The zero-order chi connectivity index (χ0) is 15.4. The Labute approximate surface area is 120 Å². The van der Waals surface area contributed by atoms with E-state index in [4.69, 9.17) is 10.5 Å². The number of esters is 1. The van der Waals surface area contributed by atoms with Crippen LogP contribution in [-0.2, 0) is 9.53 Å². The van der Waals surface area contributed by atoms with E-state index in [-0.39, 0.29) is 5.56 Å². The molecule has 0 aliphatic carbocycles. The van der Waals surface area contributed by atoms with Gasteiger partial charge in [-0.15, -0.1) is 0 Å². The minimum Gasteiger partial charge on any atom is -0.444 e. The van der Waals surface area contributed by atoms with Gasteiger partial charge in [-0.3, -0.25) is 9.78 Å². The minimum atomic E-state index is -1.28. The molecule has 1 heterocycles. The average Bonchev–Trinajstić information content (AvgIpc) is 2.46. The molecule has 2 N–H and O–H groups in total. The van der Waals surface area contributed by atoms with E-state index in [9.17, 15) is 14.0 Å². The lowest BCUT2D eigenvalue weighted by Gasteiger charge is -2.15. The van der Waals surface area contributed by atoms with Crippen molar-refractivity contribution >= 4 is 11.9 Å². The van der Waals surface area contributed by atoms with E-state index in [2.05, 4.69) is 4.98 Å². The molecule has 0 bridgehead atoms. The summed E-state index contributed by atoms with van der Waals surface area (Å²) in [7, 11) is 0. The number of pyridine rings is 1. The molecule has 0 saturated heterocycles. The highest BCUT2D eigenvalue weighted by Gasteiger charge is 2.23. The van der Waals surface area contributed by atoms with Crippen LogP contribution in [0.2, 0.25) is 0 Å². The van der Waals surface area contributed by atoms with Crippen molar-refractivity contribution in [3.8, 4) is 0 Å². The van der Waals surface area contributed by atoms with Crippen LogP contribution < -0.4 is 5.73 Å². The summed E-state index contributed by atoms with van der Waals surface area (Å²) < 4.78 is 18.0. The number of aryl methyl sites for hydroxylation is 1. The molecule has 21 heavy (non-hydrogen) atoms. The zero-order valence-electron chi connectivity index (χ0n) is 11.2. The summed E-state index contributed by atoms with van der Waals surface area (Å²) in [6, 6.07) is 8.18. The standard InChI is InChI=1S/C15H13FN2O3/c1-9-2-3-11(8-18-9)15(20)21-13(14(17)19)10-4-6-12(16)7-5-10/h2-8,13H,1H3,(H2,17,19)/t13-/m0/s1. The Morgan fingerprint density at radius 1 is 1.19 bits per heavy atom. The van der Waals surface area contributed by atoms with Crippen LogP contribution in [0.25, 0.3) is 0 Å². The second-order valence-corrected chi connectivity index (χ2v) is 4.43. The van der Waals surface area contributed by atoms with Gasteiger partial charge in [0.15, 0.2) is 0 Å². The third kappa shape index (κ3) is 3.62. The fraction of sp³-hybridized carbons (Fsp3) is 0.133. The van der Waals surface area contributed by atoms with E-state index >= 15 is 0 Å². The normalized spacial score (nSPS) is 11.7. The van der Waals surface area contributed by atoms with Gasteiger partial charge in [-0.1, -0.05) is 12.1 Å². The molecule has 0 aliphatic rings.